The van der Waals surface area contributed by atoms with Gasteiger partial charge in [-0.25, -0.2) is 4.98 Å². The van der Waals surface area contributed by atoms with Crippen LogP contribution in [0, 0.1) is 11.3 Å². The maximum Gasteiger partial charge on any atom is 0.229 e. The SMILES string of the molecule is CC(C)(C)C(=O)N1CCC(C(=O)Nc2ncc(Cc3cccc(Cl)c3)s2)CC1. The van der Waals surface area contributed by atoms with Crippen LogP contribution in [0.1, 0.15) is 44.1 Å². The van der Waals surface area contributed by atoms with E-state index in [9.17, 15) is 9.59 Å². The highest BCUT2D eigenvalue weighted by Crippen LogP contribution is 2.26. The third kappa shape index (κ3) is 5.32. The molecule has 1 N–H and O–H groups in total. The number of rotatable bonds is 4. The lowest BCUT2D eigenvalue weighted by Crippen LogP contribution is -2.45. The number of amides is 2. The second-order valence-electron chi connectivity index (χ2n) is 8.24. The van der Waals surface area contributed by atoms with Gasteiger partial charge < -0.3 is 10.2 Å². The van der Waals surface area contributed by atoms with Gasteiger partial charge >= 0.3 is 0 Å². The number of carbonyl (C=O) groups excluding carboxylic acids is 2. The summed E-state index contributed by atoms with van der Waals surface area (Å²) < 4.78 is 0. The van der Waals surface area contributed by atoms with Crippen LogP contribution >= 0.6 is 22.9 Å². The van der Waals surface area contributed by atoms with E-state index in [1.165, 1.54) is 11.3 Å². The van der Waals surface area contributed by atoms with E-state index in [1.54, 1.807) is 6.20 Å². The fourth-order valence-electron chi connectivity index (χ4n) is 3.32. The molecular weight excluding hydrogens is 394 g/mol. The molecule has 0 unspecified atom stereocenters. The van der Waals surface area contributed by atoms with Crippen LogP contribution < -0.4 is 5.32 Å². The first kappa shape index (κ1) is 20.8. The standard InChI is InChI=1S/C21H26ClN3O2S/c1-21(2,3)19(27)25-9-7-15(8-10-25)18(26)24-20-23-13-17(28-20)12-14-5-4-6-16(22)11-14/h4-6,11,13,15H,7-10,12H2,1-3H3,(H,23,24,26). The van der Waals surface area contributed by atoms with Crippen molar-refractivity contribution in [1.29, 1.82) is 0 Å². The fourth-order valence-corrected chi connectivity index (χ4v) is 4.38. The predicted molar refractivity (Wildman–Crippen MR) is 114 cm³/mol. The average molecular weight is 420 g/mol. The number of benzene rings is 1. The number of piperidine rings is 1. The summed E-state index contributed by atoms with van der Waals surface area (Å²) in [6.07, 6.45) is 3.91. The van der Waals surface area contributed by atoms with Crippen molar-refractivity contribution in [2.24, 2.45) is 11.3 Å². The molecule has 0 saturated carbocycles. The smallest absolute Gasteiger partial charge is 0.229 e. The highest BCUT2D eigenvalue weighted by Gasteiger charge is 2.32. The number of hydrogen-bond acceptors (Lipinski definition) is 4. The Morgan fingerprint density at radius 3 is 2.64 bits per heavy atom. The van der Waals surface area contributed by atoms with Crippen molar-refractivity contribution in [2.45, 2.75) is 40.0 Å². The molecule has 7 heteroatoms. The number of carbonyl (C=O) groups is 2. The van der Waals surface area contributed by atoms with Crippen molar-refractivity contribution < 1.29 is 9.59 Å². The maximum absolute atomic E-state index is 12.6. The summed E-state index contributed by atoms with van der Waals surface area (Å²) in [4.78, 5) is 32.2. The van der Waals surface area contributed by atoms with Crippen LogP contribution in [-0.4, -0.2) is 34.8 Å². The molecule has 0 spiro atoms. The molecule has 0 atom stereocenters. The molecule has 5 nitrogen and oxygen atoms in total. The Bertz CT molecular complexity index is 851. The van der Waals surface area contributed by atoms with E-state index < -0.39 is 0 Å². The van der Waals surface area contributed by atoms with Crippen molar-refractivity contribution in [2.75, 3.05) is 18.4 Å². The average Bonchev–Trinajstić information content (AvgIpc) is 3.07. The lowest BCUT2D eigenvalue weighted by molar-refractivity contribution is -0.142. The van der Waals surface area contributed by atoms with Gasteiger partial charge in [0.15, 0.2) is 5.13 Å². The zero-order valence-electron chi connectivity index (χ0n) is 16.5. The van der Waals surface area contributed by atoms with Gasteiger partial charge in [0, 0.05) is 46.9 Å². The van der Waals surface area contributed by atoms with Crippen molar-refractivity contribution in [3.8, 4) is 0 Å². The first-order valence-corrected chi connectivity index (χ1v) is 10.7. The Hall–Kier alpha value is -1.92. The highest BCUT2D eigenvalue weighted by atomic mass is 35.5. The van der Waals surface area contributed by atoms with Gasteiger partial charge in [-0.15, -0.1) is 11.3 Å². The third-order valence-corrected chi connectivity index (χ3v) is 5.99. The van der Waals surface area contributed by atoms with Crippen molar-refractivity contribution >= 4 is 39.9 Å². The van der Waals surface area contributed by atoms with E-state index >= 15 is 0 Å². The topological polar surface area (TPSA) is 62.3 Å². The fraction of sp³-hybridized carbons (Fsp3) is 0.476. The van der Waals surface area contributed by atoms with Crippen molar-refractivity contribution in [3.63, 3.8) is 0 Å². The van der Waals surface area contributed by atoms with Gasteiger partial charge in [0.2, 0.25) is 11.8 Å². The molecule has 1 fully saturated rings. The molecular formula is C21H26ClN3O2S. The van der Waals surface area contributed by atoms with E-state index in [1.807, 2.05) is 49.9 Å². The van der Waals surface area contributed by atoms with Crippen molar-refractivity contribution in [1.82, 2.24) is 9.88 Å². The molecule has 2 amide bonds. The lowest BCUT2D eigenvalue weighted by Gasteiger charge is -2.35. The van der Waals surface area contributed by atoms with Gasteiger partial charge in [0.1, 0.15) is 0 Å². The summed E-state index contributed by atoms with van der Waals surface area (Å²) in [5.74, 6) is 0.0627. The number of halogens is 1. The number of anilines is 1. The van der Waals surface area contributed by atoms with E-state index in [2.05, 4.69) is 10.3 Å². The monoisotopic (exact) mass is 419 g/mol. The summed E-state index contributed by atoms with van der Waals surface area (Å²) in [7, 11) is 0. The molecule has 3 rings (SSSR count). The van der Waals surface area contributed by atoms with Crippen LogP contribution in [0.4, 0.5) is 5.13 Å². The first-order valence-electron chi connectivity index (χ1n) is 9.52. The van der Waals surface area contributed by atoms with Gasteiger partial charge in [-0.05, 0) is 30.5 Å². The van der Waals surface area contributed by atoms with E-state index in [0.717, 1.165) is 16.9 Å². The maximum atomic E-state index is 12.6. The molecule has 0 aliphatic carbocycles. The van der Waals surface area contributed by atoms with Gasteiger partial charge in [-0.2, -0.15) is 0 Å². The Balaban J connectivity index is 1.52. The number of thiazole rings is 1. The molecule has 150 valence electrons. The molecule has 0 radical (unpaired) electrons. The van der Waals surface area contributed by atoms with Crippen LogP contribution in [0.2, 0.25) is 5.02 Å². The minimum atomic E-state index is -0.380. The number of nitrogens with zero attached hydrogens (tertiary/aromatic N) is 2. The Morgan fingerprint density at radius 2 is 2.00 bits per heavy atom. The van der Waals surface area contributed by atoms with Gasteiger partial charge in [0.05, 0.1) is 0 Å². The van der Waals surface area contributed by atoms with Gasteiger partial charge in [-0.3, -0.25) is 9.59 Å². The zero-order chi connectivity index (χ0) is 20.3. The first-order chi connectivity index (χ1) is 13.2. The molecule has 1 aromatic carbocycles. The van der Waals surface area contributed by atoms with E-state index in [4.69, 9.17) is 11.6 Å². The summed E-state index contributed by atoms with van der Waals surface area (Å²) in [5.41, 5.74) is 0.736. The van der Waals surface area contributed by atoms with Gasteiger partial charge in [-0.1, -0.05) is 44.5 Å². The van der Waals surface area contributed by atoms with Crippen LogP contribution in [0.5, 0.6) is 0 Å². The third-order valence-electron chi connectivity index (χ3n) is 4.85. The number of nitrogens with one attached hydrogen (secondary N) is 1. The Kier molecular flexibility index (Phi) is 6.40. The zero-order valence-corrected chi connectivity index (χ0v) is 18.1. The minimum Gasteiger partial charge on any atom is -0.342 e. The largest absolute Gasteiger partial charge is 0.342 e. The predicted octanol–water partition coefficient (Wildman–Crippen LogP) is 4.61. The Labute approximate surface area is 175 Å². The highest BCUT2D eigenvalue weighted by molar-refractivity contribution is 7.15. The molecule has 1 saturated heterocycles. The molecule has 2 aromatic rings. The van der Waals surface area contributed by atoms with Crippen LogP contribution in [0.15, 0.2) is 30.5 Å². The lowest BCUT2D eigenvalue weighted by atomic mass is 9.91. The summed E-state index contributed by atoms with van der Waals surface area (Å²) >= 11 is 7.52. The van der Waals surface area contributed by atoms with E-state index in [0.29, 0.717) is 36.1 Å². The van der Waals surface area contributed by atoms with E-state index in [-0.39, 0.29) is 23.1 Å². The second-order valence-corrected chi connectivity index (χ2v) is 9.80. The molecule has 1 aliphatic heterocycles. The van der Waals surface area contributed by atoms with Crippen molar-refractivity contribution in [3.05, 3.63) is 45.9 Å². The molecule has 0 bridgehead atoms. The van der Waals surface area contributed by atoms with Crippen LogP contribution in [-0.2, 0) is 16.0 Å². The Morgan fingerprint density at radius 1 is 1.29 bits per heavy atom. The number of likely N-dealkylation sites (tertiary alicyclic amines) is 1. The van der Waals surface area contributed by atoms with Crippen LogP contribution in [0.3, 0.4) is 0 Å². The summed E-state index contributed by atoms with van der Waals surface area (Å²) in [6.45, 7) is 7.05. The number of hydrogen-bond donors (Lipinski definition) is 1. The quantitative estimate of drug-likeness (QED) is 0.786. The molecule has 28 heavy (non-hydrogen) atoms. The normalized spacial score (nSPS) is 15.5. The minimum absolute atomic E-state index is 0.00786. The summed E-state index contributed by atoms with van der Waals surface area (Å²) in [5, 5.41) is 4.28. The van der Waals surface area contributed by atoms with Crippen LogP contribution in [0.25, 0.3) is 0 Å². The van der Waals surface area contributed by atoms with Gasteiger partial charge in [0.25, 0.3) is 0 Å². The molecule has 1 aromatic heterocycles. The second kappa shape index (κ2) is 8.62. The number of aromatic nitrogens is 1. The molecule has 1 aliphatic rings. The summed E-state index contributed by atoms with van der Waals surface area (Å²) in [6, 6.07) is 7.74. The molecule has 2 heterocycles.